The van der Waals surface area contributed by atoms with Crippen molar-refractivity contribution in [3.63, 3.8) is 0 Å². The van der Waals surface area contributed by atoms with Gasteiger partial charge in [-0.1, -0.05) is 20.8 Å². The number of carboxylic acids is 1. The third-order valence-corrected chi connectivity index (χ3v) is 4.36. The van der Waals surface area contributed by atoms with Gasteiger partial charge in [0.1, 0.15) is 5.54 Å². The second-order valence-electron chi connectivity index (χ2n) is 6.47. The van der Waals surface area contributed by atoms with Crippen LogP contribution in [0.2, 0.25) is 0 Å². The number of hydrogen-bond acceptors (Lipinski definition) is 3. The molecule has 2 amide bonds. The van der Waals surface area contributed by atoms with E-state index in [-0.39, 0.29) is 12.0 Å². The van der Waals surface area contributed by atoms with Gasteiger partial charge in [-0.05, 0) is 37.5 Å². The molecule has 3 N–H and O–H groups in total. The quantitative estimate of drug-likeness (QED) is 0.700. The first-order chi connectivity index (χ1) is 9.80. The largest absolute Gasteiger partial charge is 0.480 e. The molecule has 1 atom stereocenters. The van der Waals surface area contributed by atoms with Crippen molar-refractivity contribution in [3.8, 4) is 0 Å². The van der Waals surface area contributed by atoms with Gasteiger partial charge in [0.15, 0.2) is 0 Å². The summed E-state index contributed by atoms with van der Waals surface area (Å²) in [6.45, 7) is 6.49. The van der Waals surface area contributed by atoms with Crippen LogP contribution in [0.3, 0.4) is 0 Å². The highest BCUT2D eigenvalue weighted by Gasteiger charge is 2.42. The Morgan fingerprint density at radius 3 is 2.33 bits per heavy atom. The van der Waals surface area contributed by atoms with Gasteiger partial charge >= 0.3 is 12.0 Å². The first-order valence-electron chi connectivity index (χ1n) is 7.61. The van der Waals surface area contributed by atoms with Gasteiger partial charge in [0.05, 0.1) is 12.6 Å². The predicted octanol–water partition coefficient (Wildman–Crippen LogP) is 1.99. The van der Waals surface area contributed by atoms with Crippen molar-refractivity contribution in [1.29, 1.82) is 0 Å². The summed E-state index contributed by atoms with van der Waals surface area (Å²) in [6.07, 6.45) is 2.59. The maximum absolute atomic E-state index is 12.2. The number of methoxy groups -OCH3 is 1. The van der Waals surface area contributed by atoms with Crippen LogP contribution >= 0.6 is 0 Å². The van der Waals surface area contributed by atoms with Crippen LogP contribution in [0.15, 0.2) is 0 Å². The number of hydrogen-bond donors (Lipinski definition) is 3. The van der Waals surface area contributed by atoms with Crippen LogP contribution in [0, 0.1) is 11.8 Å². The smallest absolute Gasteiger partial charge is 0.329 e. The van der Waals surface area contributed by atoms with E-state index in [1.807, 2.05) is 13.8 Å². The SMILES string of the molecule is COCC(NC(=O)NC1(C(=O)O)CCC(C)CC1)C(C)C. The molecule has 1 fully saturated rings. The molecule has 0 radical (unpaired) electrons. The number of amides is 2. The average molecular weight is 300 g/mol. The van der Waals surface area contributed by atoms with E-state index in [9.17, 15) is 14.7 Å². The Morgan fingerprint density at radius 1 is 1.33 bits per heavy atom. The van der Waals surface area contributed by atoms with Crippen LogP contribution < -0.4 is 10.6 Å². The number of carboxylic acid groups (broad SMARTS) is 1. The van der Waals surface area contributed by atoms with E-state index in [1.165, 1.54) is 0 Å². The Labute approximate surface area is 126 Å². The van der Waals surface area contributed by atoms with Gasteiger partial charge in [0, 0.05) is 7.11 Å². The third kappa shape index (κ3) is 4.88. The van der Waals surface area contributed by atoms with E-state index in [2.05, 4.69) is 17.6 Å². The molecule has 1 aliphatic rings. The van der Waals surface area contributed by atoms with Crippen LogP contribution in [-0.2, 0) is 9.53 Å². The molecule has 0 heterocycles. The number of nitrogens with one attached hydrogen (secondary N) is 2. The summed E-state index contributed by atoms with van der Waals surface area (Å²) >= 11 is 0. The van der Waals surface area contributed by atoms with Crippen molar-refractivity contribution in [1.82, 2.24) is 10.6 Å². The number of carbonyl (C=O) groups excluding carboxylic acids is 1. The number of carbonyl (C=O) groups is 2. The number of rotatable bonds is 6. The van der Waals surface area contributed by atoms with E-state index in [1.54, 1.807) is 7.11 Å². The topological polar surface area (TPSA) is 87.7 Å². The van der Waals surface area contributed by atoms with Gasteiger partial charge in [0.25, 0.3) is 0 Å². The standard InChI is InChI=1S/C15H28N2O4/c1-10(2)12(9-21-4)16-14(20)17-15(13(18)19)7-5-11(3)6-8-15/h10-12H,5-9H2,1-4H3,(H,18,19)(H2,16,17,20). The average Bonchev–Trinajstić information content (AvgIpc) is 2.40. The molecule has 122 valence electrons. The van der Waals surface area contributed by atoms with Crippen molar-refractivity contribution in [2.75, 3.05) is 13.7 Å². The Kier molecular flexibility index (Phi) is 6.45. The first kappa shape index (κ1) is 17.8. The minimum atomic E-state index is -1.13. The van der Waals surface area contributed by atoms with Crippen LogP contribution in [0.25, 0.3) is 0 Å². The lowest BCUT2D eigenvalue weighted by molar-refractivity contribution is -0.146. The van der Waals surface area contributed by atoms with Crippen molar-refractivity contribution in [2.24, 2.45) is 11.8 Å². The molecule has 0 aromatic rings. The van der Waals surface area contributed by atoms with E-state index in [0.29, 0.717) is 25.4 Å². The molecule has 1 rings (SSSR count). The van der Waals surface area contributed by atoms with E-state index in [4.69, 9.17) is 4.74 Å². The van der Waals surface area contributed by atoms with Gasteiger partial charge in [-0.2, -0.15) is 0 Å². The predicted molar refractivity (Wildman–Crippen MR) is 80.2 cm³/mol. The van der Waals surface area contributed by atoms with Crippen molar-refractivity contribution < 1.29 is 19.4 Å². The van der Waals surface area contributed by atoms with Crippen LogP contribution in [0.4, 0.5) is 4.79 Å². The fourth-order valence-corrected chi connectivity index (χ4v) is 2.65. The number of ether oxygens (including phenoxy) is 1. The molecule has 0 spiro atoms. The maximum Gasteiger partial charge on any atom is 0.329 e. The second kappa shape index (κ2) is 7.64. The lowest BCUT2D eigenvalue weighted by Gasteiger charge is -2.37. The van der Waals surface area contributed by atoms with Crippen molar-refractivity contribution >= 4 is 12.0 Å². The van der Waals surface area contributed by atoms with E-state index >= 15 is 0 Å². The van der Waals surface area contributed by atoms with Crippen molar-refractivity contribution in [3.05, 3.63) is 0 Å². The van der Waals surface area contributed by atoms with Gasteiger partial charge < -0.3 is 20.5 Å². The summed E-state index contributed by atoms with van der Waals surface area (Å²) in [4.78, 5) is 23.7. The molecule has 0 aliphatic heterocycles. The monoisotopic (exact) mass is 300 g/mol. The van der Waals surface area contributed by atoms with Crippen LogP contribution in [-0.4, -0.2) is 42.4 Å². The Balaban J connectivity index is 2.67. The highest BCUT2D eigenvalue weighted by molar-refractivity contribution is 5.86. The normalized spacial score (nSPS) is 27.2. The molecule has 0 bridgehead atoms. The highest BCUT2D eigenvalue weighted by Crippen LogP contribution is 2.32. The van der Waals surface area contributed by atoms with Crippen LogP contribution in [0.5, 0.6) is 0 Å². The highest BCUT2D eigenvalue weighted by atomic mass is 16.5. The fraction of sp³-hybridized carbons (Fsp3) is 0.867. The zero-order valence-corrected chi connectivity index (χ0v) is 13.4. The summed E-state index contributed by atoms with van der Waals surface area (Å²) < 4.78 is 5.08. The molecule has 0 saturated heterocycles. The Morgan fingerprint density at radius 2 is 1.90 bits per heavy atom. The number of aliphatic carboxylic acids is 1. The van der Waals surface area contributed by atoms with Crippen LogP contribution in [0.1, 0.15) is 46.5 Å². The molecule has 0 aromatic carbocycles. The van der Waals surface area contributed by atoms with Gasteiger partial charge in [0.2, 0.25) is 0 Å². The zero-order valence-electron chi connectivity index (χ0n) is 13.4. The summed E-state index contributed by atoms with van der Waals surface area (Å²) in [5.41, 5.74) is -1.13. The molecule has 1 saturated carbocycles. The lowest BCUT2D eigenvalue weighted by Crippen LogP contribution is -2.60. The lowest BCUT2D eigenvalue weighted by atomic mass is 9.77. The molecule has 21 heavy (non-hydrogen) atoms. The van der Waals surface area contributed by atoms with Gasteiger partial charge in [-0.3, -0.25) is 0 Å². The molecule has 1 aliphatic carbocycles. The Bertz CT molecular complexity index is 363. The minimum absolute atomic E-state index is 0.136. The van der Waals surface area contributed by atoms with Gasteiger partial charge in [-0.15, -0.1) is 0 Å². The molecular formula is C15H28N2O4. The van der Waals surface area contributed by atoms with E-state index in [0.717, 1.165) is 12.8 Å². The number of urea groups is 1. The molecule has 6 heteroatoms. The molecule has 0 aromatic heterocycles. The minimum Gasteiger partial charge on any atom is -0.480 e. The first-order valence-corrected chi connectivity index (χ1v) is 7.61. The molecule has 1 unspecified atom stereocenters. The zero-order chi connectivity index (χ0) is 16.0. The summed E-state index contributed by atoms with van der Waals surface area (Å²) in [5.74, 6) is -0.223. The Hall–Kier alpha value is -1.30. The fourth-order valence-electron chi connectivity index (χ4n) is 2.65. The molecular weight excluding hydrogens is 272 g/mol. The second-order valence-corrected chi connectivity index (χ2v) is 6.47. The summed E-state index contributed by atoms with van der Waals surface area (Å²) in [6, 6.07) is -0.564. The molecule has 6 nitrogen and oxygen atoms in total. The van der Waals surface area contributed by atoms with Crippen molar-refractivity contribution in [2.45, 2.75) is 58.0 Å². The summed E-state index contributed by atoms with van der Waals surface area (Å²) in [5, 5.41) is 15.0. The van der Waals surface area contributed by atoms with Gasteiger partial charge in [-0.25, -0.2) is 9.59 Å². The summed E-state index contributed by atoms with van der Waals surface area (Å²) in [7, 11) is 1.58. The maximum atomic E-state index is 12.2. The van der Waals surface area contributed by atoms with E-state index < -0.39 is 17.5 Å². The third-order valence-electron chi connectivity index (χ3n) is 4.36.